The van der Waals surface area contributed by atoms with Gasteiger partial charge < -0.3 is 14.6 Å². The van der Waals surface area contributed by atoms with Gasteiger partial charge in [0.2, 0.25) is 5.79 Å². The van der Waals surface area contributed by atoms with E-state index in [1.165, 1.54) is 24.3 Å². The normalized spacial score (nSPS) is 25.9. The smallest absolute Gasteiger partial charge is 0.269 e. The largest absolute Gasteiger partial charge is 0.394 e. The first-order chi connectivity index (χ1) is 9.76. The van der Waals surface area contributed by atoms with E-state index in [9.17, 15) is 18.5 Å². The summed E-state index contributed by atoms with van der Waals surface area (Å²) in [5.41, 5.74) is 0.236. The lowest BCUT2D eigenvalue weighted by molar-refractivity contribution is -0.384. The van der Waals surface area contributed by atoms with Gasteiger partial charge in [-0.2, -0.15) is 0 Å². The minimum Gasteiger partial charge on any atom is -0.394 e. The summed E-state index contributed by atoms with van der Waals surface area (Å²) in [6.07, 6.45) is 0.404. The van der Waals surface area contributed by atoms with E-state index < -0.39 is 32.4 Å². The van der Waals surface area contributed by atoms with Crippen LogP contribution in [0.1, 0.15) is 5.56 Å². The van der Waals surface area contributed by atoms with Crippen LogP contribution in [0, 0.1) is 10.1 Å². The lowest BCUT2D eigenvalue weighted by Gasteiger charge is -2.27. The van der Waals surface area contributed by atoms with Gasteiger partial charge in [0.15, 0.2) is 9.84 Å². The molecule has 1 aromatic carbocycles. The van der Waals surface area contributed by atoms with Crippen LogP contribution in [-0.2, 0) is 25.1 Å². The molecule has 2 atom stereocenters. The van der Waals surface area contributed by atoms with Crippen LogP contribution in [0.15, 0.2) is 24.3 Å². The fraction of sp³-hybridized carbons (Fsp3) is 0.500. The second-order valence-corrected chi connectivity index (χ2v) is 7.00. The SMILES string of the molecule is CS(=O)(=O)CC1(c2ccc([N+](=O)[O-])cc2)OCC(CO)O1. The van der Waals surface area contributed by atoms with Crippen LogP contribution >= 0.6 is 0 Å². The molecule has 0 aromatic heterocycles. The van der Waals surface area contributed by atoms with Gasteiger partial charge in [0.05, 0.1) is 18.1 Å². The van der Waals surface area contributed by atoms with Crippen molar-refractivity contribution < 1.29 is 27.9 Å². The molecule has 1 aromatic rings. The number of nitrogens with zero attached hydrogens (tertiary/aromatic N) is 1. The number of rotatable bonds is 5. The molecule has 0 radical (unpaired) electrons. The molecule has 0 bridgehead atoms. The van der Waals surface area contributed by atoms with E-state index in [0.29, 0.717) is 5.56 Å². The Kier molecular flexibility index (Phi) is 4.28. The van der Waals surface area contributed by atoms with Crippen molar-refractivity contribution in [3.05, 3.63) is 39.9 Å². The van der Waals surface area contributed by atoms with E-state index in [1.54, 1.807) is 0 Å². The molecule has 2 unspecified atom stereocenters. The van der Waals surface area contributed by atoms with Crippen molar-refractivity contribution >= 4 is 15.5 Å². The number of hydrogen-bond donors (Lipinski definition) is 1. The number of nitro groups is 1. The van der Waals surface area contributed by atoms with E-state index in [2.05, 4.69) is 0 Å². The summed E-state index contributed by atoms with van der Waals surface area (Å²) in [7, 11) is -3.44. The fourth-order valence-corrected chi connectivity index (χ4v) is 3.16. The maximum Gasteiger partial charge on any atom is 0.269 e. The Morgan fingerprint density at radius 2 is 2.05 bits per heavy atom. The standard InChI is InChI=1S/C12H15NO7S/c1-21(17,18)8-12(19-7-11(6-14)20-12)9-2-4-10(5-3-9)13(15)16/h2-5,11,14H,6-8H2,1H3. The predicted molar refractivity (Wildman–Crippen MR) is 72.4 cm³/mol. The average Bonchev–Trinajstić information content (AvgIpc) is 2.81. The number of aliphatic hydroxyl groups excluding tert-OH is 1. The van der Waals surface area contributed by atoms with Gasteiger partial charge in [-0.25, -0.2) is 8.42 Å². The first-order valence-corrected chi connectivity index (χ1v) is 8.17. The van der Waals surface area contributed by atoms with Crippen LogP contribution < -0.4 is 0 Å². The lowest BCUT2D eigenvalue weighted by atomic mass is 10.1. The van der Waals surface area contributed by atoms with E-state index >= 15 is 0 Å². The topological polar surface area (TPSA) is 116 Å². The maximum atomic E-state index is 11.6. The van der Waals surface area contributed by atoms with Gasteiger partial charge >= 0.3 is 0 Å². The maximum absolute atomic E-state index is 11.6. The Labute approximate surface area is 121 Å². The van der Waals surface area contributed by atoms with Crippen molar-refractivity contribution in [2.45, 2.75) is 11.9 Å². The van der Waals surface area contributed by atoms with E-state index in [-0.39, 0.29) is 18.9 Å². The zero-order valence-electron chi connectivity index (χ0n) is 11.3. The molecule has 0 amide bonds. The summed E-state index contributed by atoms with van der Waals surface area (Å²) >= 11 is 0. The van der Waals surface area contributed by atoms with Crippen molar-refractivity contribution in [3.63, 3.8) is 0 Å². The summed E-state index contributed by atoms with van der Waals surface area (Å²) < 4.78 is 34.2. The highest BCUT2D eigenvalue weighted by molar-refractivity contribution is 7.90. The van der Waals surface area contributed by atoms with Gasteiger partial charge in [0, 0.05) is 24.0 Å². The first-order valence-electron chi connectivity index (χ1n) is 6.11. The number of benzene rings is 1. The van der Waals surface area contributed by atoms with Gasteiger partial charge in [0.25, 0.3) is 5.69 Å². The third kappa shape index (κ3) is 3.56. The van der Waals surface area contributed by atoms with Crippen LogP contribution in [0.2, 0.25) is 0 Å². The first kappa shape index (κ1) is 15.8. The number of non-ortho nitro benzene ring substituents is 1. The Morgan fingerprint density at radius 3 is 2.48 bits per heavy atom. The molecule has 1 aliphatic rings. The summed E-state index contributed by atoms with van der Waals surface area (Å²) in [5.74, 6) is -1.98. The van der Waals surface area contributed by atoms with Gasteiger partial charge in [-0.1, -0.05) is 0 Å². The summed E-state index contributed by atoms with van der Waals surface area (Å²) in [6.45, 7) is -0.262. The molecule has 1 saturated heterocycles. The molecule has 0 aliphatic carbocycles. The summed E-state index contributed by atoms with van der Waals surface area (Å²) in [6, 6.07) is 5.28. The fourth-order valence-electron chi connectivity index (χ4n) is 2.15. The highest BCUT2D eigenvalue weighted by Crippen LogP contribution is 2.36. The zero-order chi connectivity index (χ0) is 15.7. The minimum absolute atomic E-state index is 0.0447. The minimum atomic E-state index is -3.44. The average molecular weight is 317 g/mol. The molecule has 0 saturated carbocycles. The van der Waals surface area contributed by atoms with Crippen molar-refractivity contribution in [3.8, 4) is 0 Å². The number of aliphatic hydroxyl groups is 1. The molecule has 8 nitrogen and oxygen atoms in total. The molecule has 116 valence electrons. The van der Waals surface area contributed by atoms with Crippen molar-refractivity contribution in [1.29, 1.82) is 0 Å². The van der Waals surface area contributed by atoms with Crippen molar-refractivity contribution in [2.75, 3.05) is 25.2 Å². The zero-order valence-corrected chi connectivity index (χ0v) is 12.1. The molecular formula is C12H15NO7S. The molecule has 1 fully saturated rings. The van der Waals surface area contributed by atoms with Gasteiger partial charge in [-0.15, -0.1) is 0 Å². The van der Waals surface area contributed by atoms with Crippen LogP contribution in [-0.4, -0.2) is 49.8 Å². The third-order valence-corrected chi connectivity index (χ3v) is 3.94. The Balaban J connectivity index is 2.38. The van der Waals surface area contributed by atoms with Crippen LogP contribution in [0.3, 0.4) is 0 Å². The molecule has 1 aliphatic heterocycles. The van der Waals surface area contributed by atoms with Crippen molar-refractivity contribution in [1.82, 2.24) is 0 Å². The van der Waals surface area contributed by atoms with Gasteiger partial charge in [-0.05, 0) is 12.1 Å². The highest BCUT2D eigenvalue weighted by Gasteiger charge is 2.45. The Bertz CT molecular complexity index is 628. The Hall–Kier alpha value is -1.55. The number of ether oxygens (including phenoxy) is 2. The summed E-state index contributed by atoms with van der Waals surface area (Å²) in [4.78, 5) is 10.1. The Morgan fingerprint density at radius 1 is 1.43 bits per heavy atom. The number of nitro benzene ring substituents is 1. The van der Waals surface area contributed by atoms with Crippen LogP contribution in [0.4, 0.5) is 5.69 Å². The molecule has 1 N–H and O–H groups in total. The van der Waals surface area contributed by atoms with Crippen LogP contribution in [0.5, 0.6) is 0 Å². The van der Waals surface area contributed by atoms with E-state index in [4.69, 9.17) is 14.6 Å². The third-order valence-electron chi connectivity index (χ3n) is 3.03. The second-order valence-electron chi connectivity index (χ2n) is 4.86. The molecule has 1 heterocycles. The van der Waals surface area contributed by atoms with E-state index in [0.717, 1.165) is 6.26 Å². The van der Waals surface area contributed by atoms with Gasteiger partial charge in [-0.3, -0.25) is 10.1 Å². The highest BCUT2D eigenvalue weighted by atomic mass is 32.2. The lowest BCUT2D eigenvalue weighted by Crippen LogP contribution is -2.36. The second kappa shape index (κ2) is 5.68. The van der Waals surface area contributed by atoms with Gasteiger partial charge in [0.1, 0.15) is 11.9 Å². The molecule has 9 heteroatoms. The molecule has 0 spiro atoms. The molecule has 2 rings (SSSR count). The number of hydrogen-bond acceptors (Lipinski definition) is 7. The summed E-state index contributed by atoms with van der Waals surface area (Å²) in [5, 5.41) is 19.8. The predicted octanol–water partition coefficient (Wildman–Crippen LogP) is 0.200. The van der Waals surface area contributed by atoms with Crippen LogP contribution in [0.25, 0.3) is 0 Å². The number of sulfone groups is 1. The van der Waals surface area contributed by atoms with E-state index in [1.807, 2.05) is 0 Å². The quantitative estimate of drug-likeness (QED) is 0.609. The molecular weight excluding hydrogens is 302 g/mol. The van der Waals surface area contributed by atoms with Crippen molar-refractivity contribution in [2.24, 2.45) is 0 Å². The monoisotopic (exact) mass is 317 g/mol. The molecule has 21 heavy (non-hydrogen) atoms.